The van der Waals surface area contributed by atoms with Crippen LogP contribution < -0.4 is 0 Å². The molecule has 1 unspecified atom stereocenters. The lowest BCUT2D eigenvalue weighted by Gasteiger charge is -2.16. The molecule has 0 fully saturated rings. The second kappa shape index (κ2) is 6.42. The van der Waals surface area contributed by atoms with Gasteiger partial charge < -0.3 is 4.98 Å². The van der Waals surface area contributed by atoms with Gasteiger partial charge >= 0.3 is 6.18 Å². The molecule has 0 saturated carbocycles. The van der Waals surface area contributed by atoms with Gasteiger partial charge in [-0.3, -0.25) is 9.67 Å². The first-order valence-corrected chi connectivity index (χ1v) is 8.55. The molecular weight excluding hydrogens is 377 g/mol. The summed E-state index contributed by atoms with van der Waals surface area (Å²) in [4.78, 5) is 7.53. The van der Waals surface area contributed by atoms with E-state index in [-0.39, 0.29) is 5.02 Å². The molecule has 8 heteroatoms. The molecule has 4 aromatic rings. The smallest absolute Gasteiger partial charge is 0.361 e. The summed E-state index contributed by atoms with van der Waals surface area (Å²) in [6.07, 6.45) is 2.49. The molecule has 0 spiro atoms. The maximum Gasteiger partial charge on any atom is 0.416 e. The van der Waals surface area contributed by atoms with Crippen molar-refractivity contribution >= 4 is 22.5 Å². The summed E-state index contributed by atoms with van der Waals surface area (Å²) >= 11 is 6.15. The van der Waals surface area contributed by atoms with E-state index in [9.17, 15) is 13.2 Å². The number of hydrogen-bond donors (Lipinski definition) is 1. The molecule has 4 rings (SSSR count). The second-order valence-corrected chi connectivity index (χ2v) is 6.62. The SMILES string of the molecule is CC(c1cc(C(F)(F)F)ccc1Cl)n1cc(-c2nccc3[nH]ccc23)cn1. The Balaban J connectivity index is 1.73. The lowest BCUT2D eigenvalue weighted by molar-refractivity contribution is -0.137. The number of rotatable bonds is 3. The lowest BCUT2D eigenvalue weighted by Crippen LogP contribution is -2.11. The molecule has 3 aromatic heterocycles. The van der Waals surface area contributed by atoms with Gasteiger partial charge in [0.2, 0.25) is 0 Å². The Labute approximate surface area is 157 Å². The van der Waals surface area contributed by atoms with E-state index >= 15 is 0 Å². The Morgan fingerprint density at radius 1 is 1.19 bits per heavy atom. The van der Waals surface area contributed by atoms with Crippen LogP contribution in [0.1, 0.15) is 24.1 Å². The Kier molecular flexibility index (Phi) is 4.19. The van der Waals surface area contributed by atoms with Gasteiger partial charge in [0.05, 0.1) is 23.5 Å². The topological polar surface area (TPSA) is 46.5 Å². The molecule has 27 heavy (non-hydrogen) atoms. The molecule has 1 atom stereocenters. The number of aromatic nitrogens is 4. The fourth-order valence-electron chi connectivity index (χ4n) is 3.07. The van der Waals surface area contributed by atoms with Crippen LogP contribution in [0.4, 0.5) is 13.2 Å². The minimum atomic E-state index is -4.43. The molecule has 0 saturated heterocycles. The molecule has 0 aliphatic carbocycles. The highest BCUT2D eigenvalue weighted by molar-refractivity contribution is 6.31. The summed E-state index contributed by atoms with van der Waals surface area (Å²) in [5, 5.41) is 5.53. The van der Waals surface area contributed by atoms with E-state index in [1.165, 1.54) is 6.07 Å². The largest absolute Gasteiger partial charge is 0.416 e. The highest BCUT2D eigenvalue weighted by Crippen LogP contribution is 2.35. The van der Waals surface area contributed by atoms with Gasteiger partial charge in [-0.2, -0.15) is 18.3 Å². The van der Waals surface area contributed by atoms with E-state index in [1.807, 2.05) is 18.3 Å². The number of pyridine rings is 1. The summed E-state index contributed by atoms with van der Waals surface area (Å²) < 4.78 is 40.7. The zero-order chi connectivity index (χ0) is 19.2. The highest BCUT2D eigenvalue weighted by atomic mass is 35.5. The van der Waals surface area contributed by atoms with Crippen LogP contribution in [-0.4, -0.2) is 19.7 Å². The third-order valence-corrected chi connectivity index (χ3v) is 4.87. The van der Waals surface area contributed by atoms with Crippen LogP contribution in [0.3, 0.4) is 0 Å². The summed E-state index contributed by atoms with van der Waals surface area (Å²) in [7, 11) is 0. The number of aromatic amines is 1. The van der Waals surface area contributed by atoms with Crippen molar-refractivity contribution in [2.75, 3.05) is 0 Å². The number of H-pyrrole nitrogens is 1. The number of alkyl halides is 3. The zero-order valence-electron chi connectivity index (χ0n) is 14.1. The molecule has 0 amide bonds. The lowest BCUT2D eigenvalue weighted by atomic mass is 10.0. The van der Waals surface area contributed by atoms with E-state index < -0.39 is 17.8 Å². The van der Waals surface area contributed by atoms with E-state index in [1.54, 1.807) is 30.2 Å². The first-order chi connectivity index (χ1) is 12.8. The van der Waals surface area contributed by atoms with E-state index in [4.69, 9.17) is 11.6 Å². The first kappa shape index (κ1) is 17.6. The van der Waals surface area contributed by atoms with E-state index in [2.05, 4.69) is 15.1 Å². The van der Waals surface area contributed by atoms with Gasteiger partial charge in [-0.25, -0.2) is 0 Å². The van der Waals surface area contributed by atoms with Crippen molar-refractivity contribution in [3.63, 3.8) is 0 Å². The maximum absolute atomic E-state index is 13.0. The van der Waals surface area contributed by atoms with Crippen LogP contribution in [0.15, 0.2) is 55.1 Å². The maximum atomic E-state index is 13.0. The number of fused-ring (bicyclic) bond motifs is 1. The Hall–Kier alpha value is -2.80. The van der Waals surface area contributed by atoms with Gasteiger partial charge in [0.15, 0.2) is 0 Å². The minimum absolute atomic E-state index is 0.262. The summed E-state index contributed by atoms with van der Waals surface area (Å²) in [6, 6.07) is 6.63. The molecule has 3 heterocycles. The predicted molar refractivity (Wildman–Crippen MR) is 97.6 cm³/mol. The Morgan fingerprint density at radius 3 is 2.78 bits per heavy atom. The monoisotopic (exact) mass is 390 g/mol. The highest BCUT2D eigenvalue weighted by Gasteiger charge is 2.31. The second-order valence-electron chi connectivity index (χ2n) is 6.22. The molecule has 0 aliphatic rings. The summed E-state index contributed by atoms with van der Waals surface area (Å²) in [5.74, 6) is 0. The van der Waals surface area contributed by atoms with Gasteiger partial charge in [-0.05, 0) is 42.8 Å². The molecule has 138 valence electrons. The van der Waals surface area contributed by atoms with Crippen molar-refractivity contribution in [1.82, 2.24) is 19.7 Å². The molecular formula is C19H14ClF3N4. The molecule has 4 nitrogen and oxygen atoms in total. The third-order valence-electron chi connectivity index (χ3n) is 4.52. The number of nitrogens with zero attached hydrogens (tertiary/aromatic N) is 3. The normalized spacial score (nSPS) is 13.2. The van der Waals surface area contributed by atoms with Crippen LogP contribution in [0, 0.1) is 0 Å². The van der Waals surface area contributed by atoms with Crippen molar-refractivity contribution in [3.8, 4) is 11.3 Å². The third kappa shape index (κ3) is 3.19. The standard InChI is InChI=1S/C19H14ClF3N4/c1-11(15-8-13(19(21,22)23)2-3-16(15)20)27-10-12(9-26-27)18-14-4-6-24-17(14)5-7-25-18/h2-11,24H,1H3. The van der Waals surface area contributed by atoms with Gasteiger partial charge in [0, 0.05) is 40.1 Å². The van der Waals surface area contributed by atoms with Crippen molar-refractivity contribution in [3.05, 3.63) is 71.3 Å². The van der Waals surface area contributed by atoms with Crippen LogP contribution in [0.25, 0.3) is 22.2 Å². The van der Waals surface area contributed by atoms with Crippen molar-refractivity contribution in [1.29, 1.82) is 0 Å². The number of hydrogen-bond acceptors (Lipinski definition) is 2. The zero-order valence-corrected chi connectivity index (χ0v) is 14.9. The number of nitrogens with one attached hydrogen (secondary N) is 1. The van der Waals surface area contributed by atoms with E-state index in [0.717, 1.165) is 34.3 Å². The molecule has 0 aliphatic heterocycles. The van der Waals surface area contributed by atoms with Gasteiger partial charge in [0.25, 0.3) is 0 Å². The predicted octanol–water partition coefficient (Wildman–Crippen LogP) is 5.71. The average Bonchev–Trinajstić information content (AvgIpc) is 3.29. The van der Waals surface area contributed by atoms with Crippen LogP contribution in [-0.2, 0) is 6.18 Å². The van der Waals surface area contributed by atoms with Gasteiger partial charge in [-0.15, -0.1) is 0 Å². The fourth-order valence-corrected chi connectivity index (χ4v) is 3.34. The van der Waals surface area contributed by atoms with Crippen molar-refractivity contribution < 1.29 is 13.2 Å². The van der Waals surface area contributed by atoms with Crippen molar-refractivity contribution in [2.45, 2.75) is 19.1 Å². The van der Waals surface area contributed by atoms with Crippen molar-refractivity contribution in [2.24, 2.45) is 0 Å². The molecule has 1 aromatic carbocycles. The molecule has 1 N–H and O–H groups in total. The fraction of sp³-hybridized carbons (Fsp3) is 0.158. The van der Waals surface area contributed by atoms with E-state index in [0.29, 0.717) is 5.56 Å². The average molecular weight is 391 g/mol. The Morgan fingerprint density at radius 2 is 2.00 bits per heavy atom. The van der Waals surface area contributed by atoms with Gasteiger partial charge in [-0.1, -0.05) is 11.6 Å². The molecule has 0 radical (unpaired) electrons. The first-order valence-electron chi connectivity index (χ1n) is 8.18. The minimum Gasteiger partial charge on any atom is -0.361 e. The van der Waals surface area contributed by atoms with Gasteiger partial charge in [0.1, 0.15) is 0 Å². The molecule has 0 bridgehead atoms. The van der Waals surface area contributed by atoms with Crippen LogP contribution in [0.5, 0.6) is 0 Å². The summed E-state index contributed by atoms with van der Waals surface area (Å²) in [6.45, 7) is 1.75. The van der Waals surface area contributed by atoms with Crippen LogP contribution in [0.2, 0.25) is 5.02 Å². The quantitative estimate of drug-likeness (QED) is 0.487. The number of benzene rings is 1. The van der Waals surface area contributed by atoms with Crippen LogP contribution >= 0.6 is 11.6 Å². The summed E-state index contributed by atoms with van der Waals surface area (Å²) in [5.41, 5.74) is 2.09. The number of halogens is 4. The Bertz CT molecular complexity index is 1110.